The van der Waals surface area contributed by atoms with Crippen molar-refractivity contribution >= 4 is 0 Å². The predicted molar refractivity (Wildman–Crippen MR) is 79.5 cm³/mol. The van der Waals surface area contributed by atoms with Crippen LogP contribution >= 0.6 is 0 Å². The minimum absolute atomic E-state index is 0.201. The van der Waals surface area contributed by atoms with E-state index in [1.165, 1.54) is 24.1 Å². The number of hydrogen-bond acceptors (Lipinski definition) is 2. The van der Waals surface area contributed by atoms with Crippen LogP contribution in [0.4, 0.5) is 0 Å². The molecule has 1 saturated carbocycles. The van der Waals surface area contributed by atoms with Crippen molar-refractivity contribution in [3.8, 4) is 11.4 Å². The molecule has 3 heteroatoms. The van der Waals surface area contributed by atoms with Crippen LogP contribution in [0.3, 0.4) is 0 Å². The van der Waals surface area contributed by atoms with Gasteiger partial charge in [0.15, 0.2) is 0 Å². The molecule has 2 atom stereocenters. The summed E-state index contributed by atoms with van der Waals surface area (Å²) in [7, 11) is 2.06. The smallest absolute Gasteiger partial charge is 0.110 e. The molecule has 3 nitrogen and oxygen atoms in total. The molecule has 0 amide bonds. The highest BCUT2D eigenvalue weighted by Gasteiger charge is 2.60. The monoisotopic (exact) mass is 267 g/mol. The molecular weight excluding hydrogens is 246 g/mol. The number of aromatic nitrogens is 3. The second kappa shape index (κ2) is 3.51. The Hall–Kier alpha value is -1.64. The molecule has 1 fully saturated rings. The van der Waals surface area contributed by atoms with Gasteiger partial charge in [0.2, 0.25) is 0 Å². The lowest BCUT2D eigenvalue weighted by molar-refractivity contribution is 0.226. The maximum absolute atomic E-state index is 4.64. The zero-order valence-electron chi connectivity index (χ0n) is 12.6. The van der Waals surface area contributed by atoms with Crippen molar-refractivity contribution < 1.29 is 0 Å². The van der Waals surface area contributed by atoms with Gasteiger partial charge in [0.1, 0.15) is 5.69 Å². The van der Waals surface area contributed by atoms with Gasteiger partial charge in [0.05, 0.1) is 11.4 Å². The Bertz CT molecular complexity index is 698. The first-order chi connectivity index (χ1) is 9.45. The first-order valence-electron chi connectivity index (χ1n) is 7.45. The van der Waals surface area contributed by atoms with E-state index in [-0.39, 0.29) is 5.41 Å². The highest BCUT2D eigenvalue weighted by atomic mass is 15.1. The molecule has 2 aliphatic carbocycles. The number of rotatable bonds is 1. The number of nitrogens with zero attached hydrogens (tertiary/aromatic N) is 3. The third-order valence-electron chi connectivity index (χ3n) is 6.15. The molecule has 0 aliphatic heterocycles. The van der Waals surface area contributed by atoms with Crippen LogP contribution in [0.2, 0.25) is 0 Å². The van der Waals surface area contributed by atoms with Crippen molar-refractivity contribution in [2.45, 2.75) is 44.9 Å². The summed E-state index contributed by atoms with van der Waals surface area (Å²) in [4.78, 5) is 0. The second-order valence-corrected chi connectivity index (χ2v) is 7.18. The van der Waals surface area contributed by atoms with Gasteiger partial charge in [0, 0.05) is 18.7 Å². The Kier molecular flexibility index (Phi) is 2.13. The largest absolute Gasteiger partial charge is 0.349 e. The van der Waals surface area contributed by atoms with Crippen molar-refractivity contribution in [1.29, 1.82) is 0 Å². The van der Waals surface area contributed by atoms with E-state index in [0.717, 1.165) is 11.4 Å². The van der Waals surface area contributed by atoms with E-state index < -0.39 is 0 Å². The van der Waals surface area contributed by atoms with Crippen molar-refractivity contribution in [1.82, 2.24) is 14.8 Å². The molecule has 0 aromatic carbocycles. The van der Waals surface area contributed by atoms with Gasteiger partial charge < -0.3 is 4.57 Å². The highest BCUT2D eigenvalue weighted by molar-refractivity contribution is 5.58. The number of hydrogen-bond donors (Lipinski definition) is 0. The van der Waals surface area contributed by atoms with Crippen LogP contribution in [0, 0.1) is 5.41 Å². The van der Waals surface area contributed by atoms with Gasteiger partial charge in [-0.3, -0.25) is 0 Å². The molecule has 2 aromatic rings. The van der Waals surface area contributed by atoms with Crippen LogP contribution in [0.15, 0.2) is 24.4 Å². The molecule has 0 radical (unpaired) electrons. The van der Waals surface area contributed by atoms with E-state index in [2.05, 4.69) is 67.0 Å². The molecule has 0 spiro atoms. The first kappa shape index (κ1) is 12.1. The number of fused-ring (bicyclic) bond motifs is 5. The lowest BCUT2D eigenvalue weighted by Crippen LogP contribution is -2.32. The Balaban J connectivity index is 1.90. The molecular formula is C17H21N3. The van der Waals surface area contributed by atoms with Crippen molar-refractivity contribution in [2.75, 3.05) is 0 Å². The van der Waals surface area contributed by atoms with E-state index >= 15 is 0 Å². The Labute approximate surface area is 120 Å². The summed E-state index contributed by atoms with van der Waals surface area (Å²) in [5.74, 6) is 0.636. The minimum Gasteiger partial charge on any atom is -0.349 e. The van der Waals surface area contributed by atoms with Crippen molar-refractivity contribution in [3.05, 3.63) is 35.7 Å². The molecule has 2 aromatic heterocycles. The fraction of sp³-hybridized carbons (Fsp3) is 0.529. The average molecular weight is 267 g/mol. The maximum Gasteiger partial charge on any atom is 0.110 e. The second-order valence-electron chi connectivity index (χ2n) is 7.18. The molecule has 0 unspecified atom stereocenters. The van der Waals surface area contributed by atoms with Crippen molar-refractivity contribution in [2.24, 2.45) is 12.5 Å². The van der Waals surface area contributed by atoms with Crippen LogP contribution in [-0.4, -0.2) is 14.8 Å². The van der Waals surface area contributed by atoms with Gasteiger partial charge in [-0.2, -0.15) is 5.10 Å². The van der Waals surface area contributed by atoms with Crippen LogP contribution in [0.5, 0.6) is 0 Å². The molecule has 2 heterocycles. The number of aryl methyl sites for hydroxylation is 1. The van der Waals surface area contributed by atoms with Crippen molar-refractivity contribution in [3.63, 3.8) is 0 Å². The highest BCUT2D eigenvalue weighted by Crippen LogP contribution is 2.67. The summed E-state index contributed by atoms with van der Waals surface area (Å²) in [5.41, 5.74) is 5.34. The average Bonchev–Trinajstić information content (AvgIpc) is 2.97. The van der Waals surface area contributed by atoms with E-state index in [1.807, 2.05) is 0 Å². The predicted octanol–water partition coefficient (Wildman–Crippen LogP) is 3.66. The van der Waals surface area contributed by atoms with Crippen LogP contribution in [0.1, 0.15) is 50.8 Å². The van der Waals surface area contributed by atoms with Gasteiger partial charge in [-0.15, -0.1) is 5.10 Å². The Morgan fingerprint density at radius 3 is 2.75 bits per heavy atom. The zero-order chi connectivity index (χ0) is 14.1. The third-order valence-corrected chi connectivity index (χ3v) is 6.15. The van der Waals surface area contributed by atoms with Gasteiger partial charge in [-0.05, 0) is 47.9 Å². The lowest BCUT2D eigenvalue weighted by atomic mass is 9.70. The normalized spacial score (nSPS) is 29.7. The van der Waals surface area contributed by atoms with Gasteiger partial charge >= 0.3 is 0 Å². The third kappa shape index (κ3) is 1.22. The Morgan fingerprint density at radius 2 is 2.05 bits per heavy atom. The molecule has 0 saturated heterocycles. The summed E-state index contributed by atoms with van der Waals surface area (Å²) in [6.45, 7) is 7.17. The fourth-order valence-corrected chi connectivity index (χ4v) is 4.42. The molecule has 104 valence electrons. The van der Waals surface area contributed by atoms with Gasteiger partial charge in [-0.25, -0.2) is 0 Å². The van der Waals surface area contributed by atoms with Crippen LogP contribution in [-0.2, 0) is 12.5 Å². The van der Waals surface area contributed by atoms with E-state index in [0.29, 0.717) is 11.3 Å². The summed E-state index contributed by atoms with van der Waals surface area (Å²) >= 11 is 0. The lowest BCUT2D eigenvalue weighted by Gasteiger charge is -2.33. The minimum atomic E-state index is 0.201. The topological polar surface area (TPSA) is 30.7 Å². The van der Waals surface area contributed by atoms with E-state index in [9.17, 15) is 0 Å². The standard InChI is InChI=1S/C17H21N3/c1-16(2)12-7-8-17(16,3)15-11(12)10-13(18-19-15)14-6-5-9-20(14)4/h5-6,9-10,12H,7-8H2,1-4H3/t12-,17+/m0/s1. The molecule has 0 N–H and O–H groups in total. The van der Waals surface area contributed by atoms with E-state index in [4.69, 9.17) is 0 Å². The molecule has 4 rings (SSSR count). The maximum atomic E-state index is 4.64. The van der Waals surface area contributed by atoms with Crippen LogP contribution < -0.4 is 0 Å². The first-order valence-corrected chi connectivity index (χ1v) is 7.45. The van der Waals surface area contributed by atoms with E-state index in [1.54, 1.807) is 0 Å². The summed E-state index contributed by atoms with van der Waals surface area (Å²) in [5, 5.41) is 9.16. The summed E-state index contributed by atoms with van der Waals surface area (Å²) in [6.07, 6.45) is 4.59. The fourth-order valence-electron chi connectivity index (χ4n) is 4.42. The molecule has 20 heavy (non-hydrogen) atoms. The molecule has 2 bridgehead atoms. The zero-order valence-corrected chi connectivity index (χ0v) is 12.6. The summed E-state index contributed by atoms with van der Waals surface area (Å²) in [6, 6.07) is 6.45. The summed E-state index contributed by atoms with van der Waals surface area (Å²) < 4.78 is 2.11. The molecule has 2 aliphatic rings. The SMILES string of the molecule is Cn1cccc1-c1cc2c(nn1)[C@@]1(C)CC[C@@H]2C1(C)C. The van der Waals surface area contributed by atoms with Crippen LogP contribution in [0.25, 0.3) is 11.4 Å². The quantitative estimate of drug-likeness (QED) is 0.789. The van der Waals surface area contributed by atoms with Gasteiger partial charge in [0.25, 0.3) is 0 Å². The van der Waals surface area contributed by atoms with Gasteiger partial charge in [-0.1, -0.05) is 20.8 Å². The Morgan fingerprint density at radius 1 is 1.25 bits per heavy atom.